The first-order valence-corrected chi connectivity index (χ1v) is 7.55. The van der Waals surface area contributed by atoms with Crippen LogP contribution in [-0.2, 0) is 4.79 Å². The SMILES string of the molecule is Cl.NCC1CCCN1CCC(=O)Nc1cc(Cl)ccc1Cl. The molecule has 7 heteroatoms. The standard InChI is InChI=1S/C14H19Cl2N3O.ClH/c15-10-3-4-12(16)13(8-10)18-14(20)5-7-19-6-1-2-11(19)9-17;/h3-4,8,11H,1-2,5-7,9,17H2,(H,18,20);1H. The Hall–Kier alpha value is -0.520. The molecule has 1 amide bonds. The number of hydrogen-bond donors (Lipinski definition) is 2. The second-order valence-corrected chi connectivity index (χ2v) is 5.83. The third kappa shape index (κ3) is 5.31. The number of carbonyl (C=O) groups excluding carboxylic acids is 1. The van der Waals surface area contributed by atoms with Crippen LogP contribution in [0.1, 0.15) is 19.3 Å². The van der Waals surface area contributed by atoms with Crippen LogP contribution in [0.4, 0.5) is 5.69 Å². The summed E-state index contributed by atoms with van der Waals surface area (Å²) in [5.74, 6) is -0.0585. The summed E-state index contributed by atoms with van der Waals surface area (Å²) in [6, 6.07) is 5.43. The van der Waals surface area contributed by atoms with Crippen LogP contribution < -0.4 is 11.1 Å². The Labute approximate surface area is 141 Å². The molecule has 4 nitrogen and oxygen atoms in total. The van der Waals surface area contributed by atoms with Gasteiger partial charge in [-0.05, 0) is 37.6 Å². The molecule has 1 atom stereocenters. The van der Waals surface area contributed by atoms with Crippen molar-refractivity contribution in [2.75, 3.05) is 25.0 Å². The van der Waals surface area contributed by atoms with Gasteiger partial charge < -0.3 is 11.1 Å². The number of hydrogen-bond acceptors (Lipinski definition) is 3. The summed E-state index contributed by atoms with van der Waals surface area (Å²) >= 11 is 11.9. The number of nitrogens with one attached hydrogen (secondary N) is 1. The second kappa shape index (κ2) is 8.81. The van der Waals surface area contributed by atoms with E-state index in [1.807, 2.05) is 0 Å². The molecule has 118 valence electrons. The molecule has 0 aromatic heterocycles. The summed E-state index contributed by atoms with van der Waals surface area (Å²) < 4.78 is 0. The predicted molar refractivity (Wildman–Crippen MR) is 90.6 cm³/mol. The topological polar surface area (TPSA) is 58.4 Å². The predicted octanol–water partition coefficient (Wildman–Crippen LogP) is 3.17. The fraction of sp³-hybridized carbons (Fsp3) is 0.500. The number of amides is 1. The minimum Gasteiger partial charge on any atom is -0.329 e. The van der Waals surface area contributed by atoms with Crippen molar-refractivity contribution in [1.82, 2.24) is 4.90 Å². The Bertz CT molecular complexity index is 485. The Morgan fingerprint density at radius 1 is 1.43 bits per heavy atom. The van der Waals surface area contributed by atoms with Gasteiger partial charge in [-0.1, -0.05) is 23.2 Å². The van der Waals surface area contributed by atoms with E-state index in [1.54, 1.807) is 18.2 Å². The van der Waals surface area contributed by atoms with Crippen molar-refractivity contribution in [2.24, 2.45) is 5.73 Å². The molecule has 0 saturated carbocycles. The van der Waals surface area contributed by atoms with E-state index in [2.05, 4.69) is 10.2 Å². The monoisotopic (exact) mass is 351 g/mol. The smallest absolute Gasteiger partial charge is 0.225 e. The van der Waals surface area contributed by atoms with Gasteiger partial charge in [0.15, 0.2) is 0 Å². The summed E-state index contributed by atoms with van der Waals surface area (Å²) in [6.07, 6.45) is 2.71. The molecule has 1 heterocycles. The van der Waals surface area contributed by atoms with Crippen molar-refractivity contribution in [3.8, 4) is 0 Å². The molecule has 0 aliphatic carbocycles. The van der Waals surface area contributed by atoms with Crippen LogP contribution in [0.5, 0.6) is 0 Å². The maximum absolute atomic E-state index is 12.0. The van der Waals surface area contributed by atoms with E-state index in [0.29, 0.717) is 34.7 Å². The molecular formula is C14H20Cl3N3O. The summed E-state index contributed by atoms with van der Waals surface area (Å²) in [6.45, 7) is 2.40. The molecule has 1 saturated heterocycles. The molecule has 1 aromatic carbocycles. The third-order valence-electron chi connectivity index (χ3n) is 3.60. The van der Waals surface area contributed by atoms with E-state index >= 15 is 0 Å². The zero-order valence-corrected chi connectivity index (χ0v) is 14.0. The van der Waals surface area contributed by atoms with Gasteiger partial charge in [0.05, 0.1) is 10.7 Å². The number of halogens is 3. The van der Waals surface area contributed by atoms with Crippen LogP contribution in [0.25, 0.3) is 0 Å². The Morgan fingerprint density at radius 3 is 2.90 bits per heavy atom. The molecule has 2 rings (SSSR count). The molecule has 1 fully saturated rings. The van der Waals surface area contributed by atoms with Gasteiger partial charge in [-0.15, -0.1) is 12.4 Å². The molecular weight excluding hydrogens is 333 g/mol. The van der Waals surface area contributed by atoms with Gasteiger partial charge in [0.25, 0.3) is 0 Å². The first-order chi connectivity index (χ1) is 9.60. The molecule has 1 unspecified atom stereocenters. The Morgan fingerprint density at radius 2 is 2.19 bits per heavy atom. The number of carbonyl (C=O) groups is 1. The number of nitrogens with two attached hydrogens (primary N) is 1. The van der Waals surface area contributed by atoms with Gasteiger partial charge in [-0.3, -0.25) is 9.69 Å². The van der Waals surface area contributed by atoms with Crippen LogP contribution in [0.2, 0.25) is 10.0 Å². The van der Waals surface area contributed by atoms with Crippen molar-refractivity contribution in [1.29, 1.82) is 0 Å². The summed E-state index contributed by atoms with van der Waals surface area (Å²) in [5, 5.41) is 3.83. The second-order valence-electron chi connectivity index (χ2n) is 4.99. The average molecular weight is 353 g/mol. The minimum atomic E-state index is -0.0585. The zero-order valence-electron chi connectivity index (χ0n) is 11.6. The molecule has 1 aliphatic rings. The molecule has 3 N–H and O–H groups in total. The fourth-order valence-electron chi connectivity index (χ4n) is 2.51. The lowest BCUT2D eigenvalue weighted by Crippen LogP contribution is -2.37. The highest BCUT2D eigenvalue weighted by molar-refractivity contribution is 6.35. The lowest BCUT2D eigenvalue weighted by Gasteiger charge is -2.22. The number of nitrogens with zero attached hydrogens (tertiary/aromatic N) is 1. The quantitative estimate of drug-likeness (QED) is 0.855. The Balaban J connectivity index is 0.00000220. The third-order valence-corrected chi connectivity index (χ3v) is 4.16. The number of anilines is 1. The van der Waals surface area contributed by atoms with E-state index in [-0.39, 0.29) is 18.3 Å². The summed E-state index contributed by atoms with van der Waals surface area (Å²) in [5.41, 5.74) is 6.27. The average Bonchev–Trinajstić information content (AvgIpc) is 2.88. The maximum Gasteiger partial charge on any atom is 0.225 e. The van der Waals surface area contributed by atoms with Crippen LogP contribution in [0.3, 0.4) is 0 Å². The van der Waals surface area contributed by atoms with E-state index in [9.17, 15) is 4.79 Å². The highest BCUT2D eigenvalue weighted by Gasteiger charge is 2.23. The van der Waals surface area contributed by atoms with Crippen LogP contribution in [-0.4, -0.2) is 36.5 Å². The molecule has 1 aromatic rings. The van der Waals surface area contributed by atoms with Gasteiger partial charge >= 0.3 is 0 Å². The summed E-state index contributed by atoms with van der Waals surface area (Å²) in [7, 11) is 0. The Kier molecular flexibility index (Phi) is 7.77. The largest absolute Gasteiger partial charge is 0.329 e. The van der Waals surface area contributed by atoms with Crippen molar-refractivity contribution in [2.45, 2.75) is 25.3 Å². The fourth-order valence-corrected chi connectivity index (χ4v) is 2.84. The van der Waals surface area contributed by atoms with Gasteiger partial charge in [-0.2, -0.15) is 0 Å². The van der Waals surface area contributed by atoms with Crippen LogP contribution in [0, 0.1) is 0 Å². The van der Waals surface area contributed by atoms with Crippen molar-refractivity contribution in [3.05, 3.63) is 28.2 Å². The zero-order chi connectivity index (χ0) is 14.5. The van der Waals surface area contributed by atoms with E-state index in [1.165, 1.54) is 0 Å². The van der Waals surface area contributed by atoms with Crippen molar-refractivity contribution < 1.29 is 4.79 Å². The normalized spacial score (nSPS) is 18.3. The molecule has 0 spiro atoms. The van der Waals surface area contributed by atoms with Gasteiger partial charge in [-0.25, -0.2) is 0 Å². The van der Waals surface area contributed by atoms with E-state index < -0.39 is 0 Å². The minimum absolute atomic E-state index is 0. The van der Waals surface area contributed by atoms with Gasteiger partial charge in [0.2, 0.25) is 5.91 Å². The van der Waals surface area contributed by atoms with Crippen molar-refractivity contribution in [3.63, 3.8) is 0 Å². The van der Waals surface area contributed by atoms with Gasteiger partial charge in [0, 0.05) is 30.6 Å². The lowest BCUT2D eigenvalue weighted by atomic mass is 10.2. The highest BCUT2D eigenvalue weighted by atomic mass is 35.5. The summed E-state index contributed by atoms with van der Waals surface area (Å²) in [4.78, 5) is 14.2. The van der Waals surface area contributed by atoms with Crippen LogP contribution >= 0.6 is 35.6 Å². The number of benzene rings is 1. The van der Waals surface area contributed by atoms with E-state index in [4.69, 9.17) is 28.9 Å². The first-order valence-electron chi connectivity index (χ1n) is 6.79. The molecule has 1 aliphatic heterocycles. The number of likely N-dealkylation sites (tertiary alicyclic amines) is 1. The molecule has 0 bridgehead atoms. The maximum atomic E-state index is 12.0. The van der Waals surface area contributed by atoms with Gasteiger partial charge in [0.1, 0.15) is 0 Å². The first kappa shape index (κ1) is 18.5. The van der Waals surface area contributed by atoms with Crippen LogP contribution in [0.15, 0.2) is 18.2 Å². The highest BCUT2D eigenvalue weighted by Crippen LogP contribution is 2.25. The van der Waals surface area contributed by atoms with E-state index in [0.717, 1.165) is 25.9 Å². The molecule has 21 heavy (non-hydrogen) atoms. The lowest BCUT2D eigenvalue weighted by molar-refractivity contribution is -0.116. The number of rotatable bonds is 5. The molecule has 0 radical (unpaired) electrons. The van der Waals surface area contributed by atoms with Crippen molar-refractivity contribution >= 4 is 47.2 Å².